The topological polar surface area (TPSA) is 42.0 Å². The van der Waals surface area contributed by atoms with Gasteiger partial charge in [-0.3, -0.25) is 4.79 Å². The van der Waals surface area contributed by atoms with Gasteiger partial charge < -0.3 is 5.32 Å². The molecule has 0 spiro atoms. The summed E-state index contributed by atoms with van der Waals surface area (Å²) >= 11 is 0. The van der Waals surface area contributed by atoms with Gasteiger partial charge in [-0.25, -0.2) is 4.98 Å². The Morgan fingerprint density at radius 1 is 1.57 bits per heavy atom. The number of rotatable bonds is 3. The fraction of sp³-hybridized carbons (Fsp3) is 0.455. The number of amides is 1. The molecule has 0 radical (unpaired) electrons. The van der Waals surface area contributed by atoms with Crippen molar-refractivity contribution in [1.82, 2.24) is 10.3 Å². The van der Waals surface area contributed by atoms with E-state index in [-0.39, 0.29) is 11.9 Å². The van der Waals surface area contributed by atoms with Gasteiger partial charge in [0.25, 0.3) is 5.91 Å². The second-order valence-corrected chi connectivity index (χ2v) is 3.45. The third-order valence-corrected chi connectivity index (χ3v) is 2.11. The highest BCUT2D eigenvalue weighted by Gasteiger charge is 2.08. The standard InChI is InChI=1S/C11H16N2O/c1-4-8(2)13-11(14)10-7-5-6-9(3)12-10/h5-8H,4H2,1-3H3,(H,13,14). The van der Waals surface area contributed by atoms with Crippen LogP contribution in [-0.2, 0) is 0 Å². The van der Waals surface area contributed by atoms with Crippen LogP contribution in [-0.4, -0.2) is 16.9 Å². The molecule has 0 bridgehead atoms. The Hall–Kier alpha value is -1.38. The molecule has 3 nitrogen and oxygen atoms in total. The molecule has 1 aromatic heterocycles. The predicted octanol–water partition coefficient (Wildman–Crippen LogP) is 1.92. The van der Waals surface area contributed by atoms with Gasteiger partial charge in [-0.15, -0.1) is 0 Å². The van der Waals surface area contributed by atoms with Crippen LogP contribution >= 0.6 is 0 Å². The number of hydrogen-bond donors (Lipinski definition) is 1. The van der Waals surface area contributed by atoms with Crippen LogP contribution in [0.15, 0.2) is 18.2 Å². The van der Waals surface area contributed by atoms with Crippen molar-refractivity contribution >= 4 is 5.91 Å². The van der Waals surface area contributed by atoms with E-state index in [1.807, 2.05) is 32.9 Å². The molecule has 76 valence electrons. The zero-order valence-corrected chi connectivity index (χ0v) is 8.87. The van der Waals surface area contributed by atoms with Gasteiger partial charge >= 0.3 is 0 Å². The minimum absolute atomic E-state index is 0.0944. The summed E-state index contributed by atoms with van der Waals surface area (Å²) in [5.74, 6) is -0.0944. The zero-order valence-electron chi connectivity index (χ0n) is 8.87. The maximum absolute atomic E-state index is 11.6. The van der Waals surface area contributed by atoms with Crippen molar-refractivity contribution in [2.45, 2.75) is 33.2 Å². The molecule has 1 atom stereocenters. The van der Waals surface area contributed by atoms with Crippen LogP contribution in [0.4, 0.5) is 0 Å². The van der Waals surface area contributed by atoms with E-state index in [1.54, 1.807) is 6.07 Å². The molecule has 1 aromatic rings. The van der Waals surface area contributed by atoms with E-state index < -0.39 is 0 Å². The van der Waals surface area contributed by atoms with E-state index in [4.69, 9.17) is 0 Å². The number of nitrogens with zero attached hydrogens (tertiary/aromatic N) is 1. The van der Waals surface area contributed by atoms with Crippen molar-refractivity contribution in [2.75, 3.05) is 0 Å². The van der Waals surface area contributed by atoms with E-state index in [0.29, 0.717) is 5.69 Å². The predicted molar refractivity (Wildman–Crippen MR) is 56.2 cm³/mol. The first kappa shape index (κ1) is 10.7. The Labute approximate surface area is 84.6 Å². The summed E-state index contributed by atoms with van der Waals surface area (Å²) in [6.45, 7) is 5.89. The van der Waals surface area contributed by atoms with Gasteiger partial charge in [-0.05, 0) is 32.4 Å². The lowest BCUT2D eigenvalue weighted by Gasteiger charge is -2.10. The van der Waals surface area contributed by atoms with Gasteiger partial charge in [0, 0.05) is 11.7 Å². The Bertz CT molecular complexity index is 323. The first-order valence-electron chi connectivity index (χ1n) is 4.88. The largest absolute Gasteiger partial charge is 0.348 e. The quantitative estimate of drug-likeness (QED) is 0.795. The molecule has 1 heterocycles. The average molecular weight is 192 g/mol. The Morgan fingerprint density at radius 3 is 2.86 bits per heavy atom. The van der Waals surface area contributed by atoms with Crippen molar-refractivity contribution in [3.05, 3.63) is 29.6 Å². The smallest absolute Gasteiger partial charge is 0.270 e. The number of pyridine rings is 1. The third kappa shape index (κ3) is 2.83. The molecule has 14 heavy (non-hydrogen) atoms. The third-order valence-electron chi connectivity index (χ3n) is 2.11. The monoisotopic (exact) mass is 192 g/mol. The molecule has 1 rings (SSSR count). The van der Waals surface area contributed by atoms with Crippen LogP contribution < -0.4 is 5.32 Å². The molecule has 0 fully saturated rings. The number of hydrogen-bond acceptors (Lipinski definition) is 2. The van der Waals surface area contributed by atoms with Crippen molar-refractivity contribution in [1.29, 1.82) is 0 Å². The molecule has 0 aromatic carbocycles. The van der Waals surface area contributed by atoms with Crippen molar-refractivity contribution in [2.24, 2.45) is 0 Å². The van der Waals surface area contributed by atoms with Crippen molar-refractivity contribution < 1.29 is 4.79 Å². The minimum Gasteiger partial charge on any atom is -0.348 e. The molecule has 1 unspecified atom stereocenters. The lowest BCUT2D eigenvalue weighted by atomic mass is 10.2. The van der Waals surface area contributed by atoms with Gasteiger partial charge in [0.1, 0.15) is 5.69 Å². The van der Waals surface area contributed by atoms with E-state index in [2.05, 4.69) is 10.3 Å². The summed E-state index contributed by atoms with van der Waals surface area (Å²) in [6, 6.07) is 5.64. The first-order valence-corrected chi connectivity index (χ1v) is 4.88. The summed E-state index contributed by atoms with van der Waals surface area (Å²) in [7, 11) is 0. The number of aryl methyl sites for hydroxylation is 1. The number of aromatic nitrogens is 1. The molecule has 1 amide bonds. The number of carbonyl (C=O) groups is 1. The lowest BCUT2D eigenvalue weighted by Crippen LogP contribution is -2.32. The van der Waals surface area contributed by atoms with Crippen LogP contribution in [0.25, 0.3) is 0 Å². The molecule has 0 saturated heterocycles. The second-order valence-electron chi connectivity index (χ2n) is 3.45. The summed E-state index contributed by atoms with van der Waals surface area (Å²) in [4.78, 5) is 15.7. The lowest BCUT2D eigenvalue weighted by molar-refractivity contribution is 0.0934. The second kappa shape index (κ2) is 4.74. The summed E-state index contributed by atoms with van der Waals surface area (Å²) in [5.41, 5.74) is 1.35. The summed E-state index contributed by atoms with van der Waals surface area (Å²) in [5, 5.41) is 2.87. The SMILES string of the molecule is CCC(C)NC(=O)c1cccc(C)n1. The van der Waals surface area contributed by atoms with E-state index in [0.717, 1.165) is 12.1 Å². The molecule has 0 aliphatic heterocycles. The molecule has 3 heteroatoms. The molecule has 0 aliphatic rings. The number of carbonyl (C=O) groups excluding carboxylic acids is 1. The Kier molecular flexibility index (Phi) is 3.63. The number of nitrogens with one attached hydrogen (secondary N) is 1. The van der Waals surface area contributed by atoms with Crippen LogP contribution in [0.3, 0.4) is 0 Å². The Balaban J connectivity index is 2.70. The highest BCUT2D eigenvalue weighted by molar-refractivity contribution is 5.92. The van der Waals surface area contributed by atoms with Crippen LogP contribution in [0, 0.1) is 6.92 Å². The van der Waals surface area contributed by atoms with Gasteiger partial charge in [0.15, 0.2) is 0 Å². The highest BCUT2D eigenvalue weighted by Crippen LogP contribution is 1.99. The van der Waals surface area contributed by atoms with Gasteiger partial charge in [0.05, 0.1) is 0 Å². The van der Waals surface area contributed by atoms with E-state index in [1.165, 1.54) is 0 Å². The minimum atomic E-state index is -0.0944. The zero-order chi connectivity index (χ0) is 10.6. The van der Waals surface area contributed by atoms with Crippen LogP contribution in [0.5, 0.6) is 0 Å². The van der Waals surface area contributed by atoms with E-state index >= 15 is 0 Å². The van der Waals surface area contributed by atoms with Crippen LogP contribution in [0.2, 0.25) is 0 Å². The normalized spacial score (nSPS) is 12.2. The van der Waals surface area contributed by atoms with Gasteiger partial charge in [-0.2, -0.15) is 0 Å². The first-order chi connectivity index (χ1) is 6.63. The summed E-state index contributed by atoms with van der Waals surface area (Å²) < 4.78 is 0. The molecule has 0 saturated carbocycles. The van der Waals surface area contributed by atoms with E-state index in [9.17, 15) is 4.79 Å². The fourth-order valence-electron chi connectivity index (χ4n) is 1.07. The summed E-state index contributed by atoms with van der Waals surface area (Å²) in [6.07, 6.45) is 0.928. The highest BCUT2D eigenvalue weighted by atomic mass is 16.1. The fourth-order valence-corrected chi connectivity index (χ4v) is 1.07. The molecule has 0 aliphatic carbocycles. The van der Waals surface area contributed by atoms with Gasteiger partial charge in [0.2, 0.25) is 0 Å². The maximum atomic E-state index is 11.6. The maximum Gasteiger partial charge on any atom is 0.270 e. The van der Waals surface area contributed by atoms with Gasteiger partial charge in [-0.1, -0.05) is 13.0 Å². The Morgan fingerprint density at radius 2 is 2.29 bits per heavy atom. The van der Waals surface area contributed by atoms with Crippen LogP contribution in [0.1, 0.15) is 36.5 Å². The molecular weight excluding hydrogens is 176 g/mol. The molecular formula is C11H16N2O. The van der Waals surface area contributed by atoms with Crippen molar-refractivity contribution in [3.63, 3.8) is 0 Å². The average Bonchev–Trinajstić information content (AvgIpc) is 2.17. The van der Waals surface area contributed by atoms with Crippen molar-refractivity contribution in [3.8, 4) is 0 Å². The molecule has 1 N–H and O–H groups in total.